The molecule has 11 nitrogen and oxygen atoms in total. The number of hydrogen-bond donors (Lipinski definition) is 3. The van der Waals surface area contributed by atoms with Gasteiger partial charge in [-0.15, -0.1) is 11.3 Å². The maximum Gasteiger partial charge on any atom is 0.394 e. The van der Waals surface area contributed by atoms with Gasteiger partial charge in [0.05, 0.1) is 30.7 Å². The van der Waals surface area contributed by atoms with Crippen LogP contribution in [-0.4, -0.2) is 64.4 Å². The number of thiophene rings is 1. The van der Waals surface area contributed by atoms with Crippen molar-refractivity contribution in [2.45, 2.75) is 12.5 Å². The van der Waals surface area contributed by atoms with Crippen LogP contribution in [0.4, 0.5) is 9.80 Å². The number of amides is 3. The van der Waals surface area contributed by atoms with Crippen LogP contribution < -0.4 is 10.1 Å². The number of methoxy groups -OCH3 is 1. The van der Waals surface area contributed by atoms with E-state index >= 15 is 0 Å². The highest BCUT2D eigenvalue weighted by atomic mass is 32.2. The molecule has 35 heavy (non-hydrogen) atoms. The Bertz CT molecular complexity index is 1270. The first kappa shape index (κ1) is 24.4. The molecule has 4 rings (SSSR count). The number of benzene rings is 1. The van der Waals surface area contributed by atoms with Crippen molar-refractivity contribution >= 4 is 63.2 Å². The van der Waals surface area contributed by atoms with E-state index in [0.29, 0.717) is 21.8 Å². The summed E-state index contributed by atoms with van der Waals surface area (Å²) in [6.45, 7) is -0.0393. The molecule has 1 saturated heterocycles. The highest BCUT2D eigenvalue weighted by molar-refractivity contribution is 8.18. The summed E-state index contributed by atoms with van der Waals surface area (Å²) in [7, 11) is 1.54. The molecule has 182 valence electrons. The van der Waals surface area contributed by atoms with E-state index in [1.165, 1.54) is 7.11 Å². The van der Waals surface area contributed by atoms with Gasteiger partial charge in [-0.1, -0.05) is 12.1 Å². The van der Waals surface area contributed by atoms with Crippen LogP contribution in [0.15, 0.2) is 29.2 Å². The van der Waals surface area contributed by atoms with Crippen LogP contribution in [0.3, 0.4) is 0 Å². The first-order valence-corrected chi connectivity index (χ1v) is 11.8. The van der Waals surface area contributed by atoms with E-state index in [-0.39, 0.29) is 35.0 Å². The molecule has 0 saturated carbocycles. The van der Waals surface area contributed by atoms with Crippen molar-refractivity contribution in [2.75, 3.05) is 25.6 Å². The molecule has 0 radical (unpaired) electrons. The minimum Gasteiger partial charge on any atom is -0.497 e. The van der Waals surface area contributed by atoms with Gasteiger partial charge in [0.25, 0.3) is 11.1 Å². The molecule has 1 aromatic carbocycles. The van der Waals surface area contributed by atoms with Gasteiger partial charge in [0, 0.05) is 4.88 Å². The minimum absolute atomic E-state index is 0.124. The van der Waals surface area contributed by atoms with Crippen molar-refractivity contribution in [3.8, 4) is 5.75 Å². The van der Waals surface area contributed by atoms with Crippen LogP contribution in [0, 0.1) is 0 Å². The van der Waals surface area contributed by atoms with Crippen LogP contribution in [0.25, 0.3) is 6.08 Å². The van der Waals surface area contributed by atoms with Crippen molar-refractivity contribution in [2.24, 2.45) is 0 Å². The Hall–Kier alpha value is -3.68. The number of aliphatic carboxylic acids is 1. The average Bonchev–Trinajstić information content (AvgIpc) is 3.32. The molecule has 0 spiro atoms. The molecule has 13 heteroatoms. The molecule has 2 aromatic rings. The molecule has 3 N–H and O–H groups in total. The Balaban J connectivity index is 1.58. The fourth-order valence-corrected chi connectivity index (χ4v) is 5.78. The number of thioether (sulfide) groups is 1. The number of anilines is 1. The summed E-state index contributed by atoms with van der Waals surface area (Å²) in [6, 6.07) is 6.95. The van der Waals surface area contributed by atoms with Crippen molar-refractivity contribution in [3.05, 3.63) is 50.7 Å². The highest BCUT2D eigenvalue weighted by Gasteiger charge is 2.40. The van der Waals surface area contributed by atoms with E-state index in [2.05, 4.69) is 5.32 Å². The fraction of sp³-hybridized carbons (Fsp3) is 0.227. The van der Waals surface area contributed by atoms with E-state index in [0.717, 1.165) is 28.0 Å². The number of ether oxygens (including phenoxy) is 2. The smallest absolute Gasteiger partial charge is 0.394 e. The summed E-state index contributed by atoms with van der Waals surface area (Å²) < 4.78 is 10.9. The second-order valence-corrected chi connectivity index (χ2v) is 9.43. The summed E-state index contributed by atoms with van der Waals surface area (Å²) in [5.41, 5.74) is 0.859. The molecule has 0 bridgehead atoms. The predicted molar refractivity (Wildman–Crippen MR) is 126 cm³/mol. The van der Waals surface area contributed by atoms with Crippen molar-refractivity contribution in [1.29, 1.82) is 0 Å². The van der Waals surface area contributed by atoms with Gasteiger partial charge in [0.2, 0.25) is 0 Å². The third kappa shape index (κ3) is 4.92. The molecule has 1 fully saturated rings. The number of nitrogens with zero attached hydrogens (tertiary/aromatic N) is 1. The van der Waals surface area contributed by atoms with Crippen molar-refractivity contribution < 1.29 is 43.7 Å². The quantitative estimate of drug-likeness (QED) is 0.383. The molecule has 2 aliphatic rings. The lowest BCUT2D eigenvalue weighted by Gasteiger charge is -2.26. The summed E-state index contributed by atoms with van der Waals surface area (Å²) >= 11 is 1.63. The number of carbonyl (C=O) groups excluding carboxylic acids is 3. The van der Waals surface area contributed by atoms with E-state index in [9.17, 15) is 29.1 Å². The van der Waals surface area contributed by atoms with Gasteiger partial charge >= 0.3 is 17.8 Å². The van der Waals surface area contributed by atoms with E-state index in [4.69, 9.17) is 14.6 Å². The Morgan fingerprint density at radius 1 is 1.23 bits per heavy atom. The largest absolute Gasteiger partial charge is 0.497 e. The second-order valence-electron chi connectivity index (χ2n) is 7.39. The Kier molecular flexibility index (Phi) is 6.91. The number of carboxylic acid groups (broad SMARTS) is 2. The zero-order chi connectivity index (χ0) is 25.3. The van der Waals surface area contributed by atoms with Crippen LogP contribution in [0.1, 0.15) is 32.5 Å². The summed E-state index contributed by atoms with van der Waals surface area (Å²) in [5.74, 6) is -4.34. The zero-order valence-corrected chi connectivity index (χ0v) is 19.7. The van der Waals surface area contributed by atoms with E-state index in [1.807, 2.05) is 0 Å². The van der Waals surface area contributed by atoms with Crippen LogP contribution >= 0.6 is 23.1 Å². The number of carbonyl (C=O) groups is 5. The topological polar surface area (TPSA) is 160 Å². The van der Waals surface area contributed by atoms with Crippen molar-refractivity contribution in [3.63, 3.8) is 0 Å². The van der Waals surface area contributed by atoms with Gasteiger partial charge < -0.3 is 25.0 Å². The number of rotatable bonds is 6. The number of hydrogen-bond acceptors (Lipinski definition) is 9. The van der Waals surface area contributed by atoms with Gasteiger partial charge in [-0.3, -0.25) is 19.3 Å². The van der Waals surface area contributed by atoms with Gasteiger partial charge in [-0.05, 0) is 47.5 Å². The monoisotopic (exact) mass is 518 g/mol. The van der Waals surface area contributed by atoms with Gasteiger partial charge in [-0.25, -0.2) is 9.59 Å². The third-order valence-corrected chi connectivity index (χ3v) is 7.42. The normalized spacial score (nSPS) is 18.5. The highest BCUT2D eigenvalue weighted by Crippen LogP contribution is 2.43. The number of carboxylic acids is 2. The molecular weight excluding hydrogens is 500 g/mol. The first-order chi connectivity index (χ1) is 16.7. The first-order valence-electron chi connectivity index (χ1n) is 10.1. The van der Waals surface area contributed by atoms with Crippen LogP contribution in [-0.2, 0) is 25.5 Å². The molecule has 1 unspecified atom stereocenters. The molecule has 1 aromatic heterocycles. The minimum atomic E-state index is -1.76. The zero-order valence-electron chi connectivity index (χ0n) is 18.1. The SMILES string of the molecule is COc1ccc(/C=C2\SC(=O)N(CC3OCCc4c3sc(NC(=O)C(=O)O)c4C(=O)O)C2=O)cc1. The molecule has 2 aliphatic heterocycles. The molecular formula is C22H18N2O9S2. The Morgan fingerprint density at radius 3 is 2.57 bits per heavy atom. The standard InChI is InChI=1S/C22H18N2O9S2/c1-32-11-4-2-10(3-5-11)8-14-19(26)24(22(31)34-14)9-13-16-12(6-7-33-13)15(20(27)28)18(35-16)23-17(25)21(29)30/h2-5,8,13H,6-7,9H2,1H3,(H,23,25)(H,27,28)(H,29,30)/b14-8-. The maximum absolute atomic E-state index is 13.0. The number of aromatic carboxylic acids is 1. The number of imide groups is 1. The van der Waals surface area contributed by atoms with Crippen LogP contribution in [0.2, 0.25) is 0 Å². The van der Waals surface area contributed by atoms with Crippen LogP contribution in [0.5, 0.6) is 5.75 Å². The Morgan fingerprint density at radius 2 is 1.94 bits per heavy atom. The summed E-state index contributed by atoms with van der Waals surface area (Å²) in [4.78, 5) is 61.6. The molecule has 1 atom stereocenters. The summed E-state index contributed by atoms with van der Waals surface area (Å²) in [5, 5.41) is 20.0. The second kappa shape index (κ2) is 9.90. The van der Waals surface area contributed by atoms with Gasteiger partial charge in [0.1, 0.15) is 16.9 Å². The maximum atomic E-state index is 13.0. The number of nitrogens with one attached hydrogen (secondary N) is 1. The third-order valence-electron chi connectivity index (χ3n) is 5.27. The van der Waals surface area contributed by atoms with Gasteiger partial charge in [-0.2, -0.15) is 0 Å². The molecule has 0 aliphatic carbocycles. The number of fused-ring (bicyclic) bond motifs is 1. The Labute approximate surface area is 206 Å². The lowest BCUT2D eigenvalue weighted by Crippen LogP contribution is -2.34. The fourth-order valence-electron chi connectivity index (χ4n) is 3.65. The lowest BCUT2D eigenvalue weighted by atomic mass is 10.0. The van der Waals surface area contributed by atoms with Crippen molar-refractivity contribution in [1.82, 2.24) is 4.90 Å². The lowest BCUT2D eigenvalue weighted by molar-refractivity contribution is -0.147. The molecule has 3 amide bonds. The average molecular weight is 519 g/mol. The van der Waals surface area contributed by atoms with Gasteiger partial charge in [0.15, 0.2) is 0 Å². The van der Waals surface area contributed by atoms with E-state index < -0.39 is 35.1 Å². The predicted octanol–water partition coefficient (Wildman–Crippen LogP) is 2.83. The van der Waals surface area contributed by atoms with E-state index in [1.54, 1.807) is 30.3 Å². The molecule has 3 heterocycles. The summed E-state index contributed by atoms with van der Waals surface area (Å²) in [6.07, 6.45) is 0.975.